The molecule has 0 bridgehead atoms. The van der Waals surface area contributed by atoms with Gasteiger partial charge in [-0.1, -0.05) is 18.2 Å². The van der Waals surface area contributed by atoms with Crippen LogP contribution in [0.1, 0.15) is 17.7 Å². The lowest BCUT2D eigenvalue weighted by atomic mass is 10.1. The smallest absolute Gasteiger partial charge is 0.130 e. The largest absolute Gasteiger partial charge is 0.396 e. The number of rotatable bonds is 4. The van der Waals surface area contributed by atoms with E-state index in [0.717, 1.165) is 66.6 Å². The minimum absolute atomic E-state index is 0.238. The Morgan fingerprint density at radius 3 is 2.75 bits per heavy atom. The Balaban J connectivity index is 1.55. The van der Waals surface area contributed by atoms with Crippen LogP contribution in [0.3, 0.4) is 0 Å². The summed E-state index contributed by atoms with van der Waals surface area (Å²) in [5.74, 6) is 0.747. The number of nitrogens with one attached hydrogen (secondary N) is 2. The van der Waals surface area contributed by atoms with Crippen LogP contribution in [0.15, 0.2) is 48.7 Å². The van der Waals surface area contributed by atoms with Gasteiger partial charge in [0.1, 0.15) is 11.6 Å². The summed E-state index contributed by atoms with van der Waals surface area (Å²) in [6.07, 6.45) is 6.72. The second-order valence-corrected chi connectivity index (χ2v) is 6.93. The van der Waals surface area contributed by atoms with E-state index in [-0.39, 0.29) is 5.82 Å². The number of nitrogens with zero attached hydrogens (tertiary/aromatic N) is 2. The van der Waals surface area contributed by atoms with Gasteiger partial charge in [-0.2, -0.15) is 0 Å². The average Bonchev–Trinajstić information content (AvgIpc) is 2.92. The second kappa shape index (κ2) is 8.27. The van der Waals surface area contributed by atoms with Crippen LogP contribution < -0.4 is 16.0 Å². The van der Waals surface area contributed by atoms with E-state index < -0.39 is 0 Å². The topological polar surface area (TPSA) is 70.0 Å². The van der Waals surface area contributed by atoms with Crippen LogP contribution in [-0.4, -0.2) is 36.1 Å². The molecule has 0 unspecified atom stereocenters. The first kappa shape index (κ1) is 18.3. The van der Waals surface area contributed by atoms with Crippen molar-refractivity contribution in [2.24, 2.45) is 0 Å². The van der Waals surface area contributed by atoms with Gasteiger partial charge in [0, 0.05) is 37.1 Å². The van der Waals surface area contributed by atoms with Gasteiger partial charge >= 0.3 is 0 Å². The van der Waals surface area contributed by atoms with E-state index in [4.69, 9.17) is 5.73 Å². The number of nitrogen functional groups attached to an aromatic ring is 1. The monoisotopic (exact) mass is 377 g/mol. The predicted octanol–water partition coefficient (Wildman–Crippen LogP) is 3.77. The zero-order valence-corrected chi connectivity index (χ0v) is 15.7. The van der Waals surface area contributed by atoms with Gasteiger partial charge in [0.2, 0.25) is 0 Å². The number of pyridine rings is 1. The molecule has 1 aromatic carbocycles. The van der Waals surface area contributed by atoms with Gasteiger partial charge < -0.3 is 20.9 Å². The normalized spacial score (nSPS) is 15.1. The number of aromatic nitrogens is 2. The Bertz CT molecular complexity index is 953. The average molecular weight is 377 g/mol. The van der Waals surface area contributed by atoms with Gasteiger partial charge in [0.05, 0.1) is 11.4 Å². The Morgan fingerprint density at radius 1 is 1.04 bits per heavy atom. The highest BCUT2D eigenvalue weighted by molar-refractivity contribution is 5.76. The number of hydrogen-bond donors (Lipinski definition) is 3. The van der Waals surface area contributed by atoms with E-state index in [9.17, 15) is 4.39 Å². The van der Waals surface area contributed by atoms with Gasteiger partial charge in [-0.15, -0.1) is 0 Å². The summed E-state index contributed by atoms with van der Waals surface area (Å²) < 4.78 is 13.0. The summed E-state index contributed by atoms with van der Waals surface area (Å²) in [5.41, 5.74) is 10.8. The molecule has 1 aliphatic heterocycles. The molecule has 4 rings (SSSR count). The summed E-state index contributed by atoms with van der Waals surface area (Å²) >= 11 is 0. The molecule has 1 aliphatic rings. The van der Waals surface area contributed by atoms with Gasteiger partial charge in [0.25, 0.3) is 0 Å². The quantitative estimate of drug-likeness (QED) is 0.647. The fourth-order valence-corrected chi connectivity index (χ4v) is 3.41. The maximum absolute atomic E-state index is 13.0. The molecule has 2 aromatic heterocycles. The van der Waals surface area contributed by atoms with Crippen LogP contribution in [0.4, 0.5) is 15.9 Å². The number of nitrogens with two attached hydrogens (primary N) is 1. The minimum Gasteiger partial charge on any atom is -0.396 e. The van der Waals surface area contributed by atoms with Crippen molar-refractivity contribution >= 4 is 23.7 Å². The Labute approximate surface area is 164 Å². The fourth-order valence-electron chi connectivity index (χ4n) is 3.41. The third kappa shape index (κ3) is 4.23. The Kier molecular flexibility index (Phi) is 5.39. The number of anilines is 2. The molecule has 3 heterocycles. The van der Waals surface area contributed by atoms with Crippen LogP contribution in [-0.2, 0) is 0 Å². The molecular formula is C22H24FN5. The number of aromatic amines is 1. The highest BCUT2D eigenvalue weighted by atomic mass is 19.1. The van der Waals surface area contributed by atoms with E-state index in [1.165, 1.54) is 12.1 Å². The van der Waals surface area contributed by atoms with Crippen molar-refractivity contribution in [3.05, 3.63) is 65.7 Å². The van der Waals surface area contributed by atoms with E-state index in [2.05, 4.69) is 20.2 Å². The van der Waals surface area contributed by atoms with Crippen molar-refractivity contribution in [1.82, 2.24) is 15.3 Å². The third-order valence-electron chi connectivity index (χ3n) is 4.89. The van der Waals surface area contributed by atoms with Crippen molar-refractivity contribution in [2.45, 2.75) is 6.42 Å². The number of H-pyrrole nitrogens is 1. The van der Waals surface area contributed by atoms with E-state index in [0.29, 0.717) is 0 Å². The first-order chi connectivity index (χ1) is 13.7. The van der Waals surface area contributed by atoms with Crippen molar-refractivity contribution < 1.29 is 4.39 Å². The summed E-state index contributed by atoms with van der Waals surface area (Å²) in [5, 5.41) is 3.41. The molecule has 0 saturated carbocycles. The molecule has 28 heavy (non-hydrogen) atoms. The van der Waals surface area contributed by atoms with Gasteiger partial charge in [0.15, 0.2) is 0 Å². The molecule has 3 aromatic rings. The van der Waals surface area contributed by atoms with Gasteiger partial charge in [-0.25, -0.2) is 4.39 Å². The minimum atomic E-state index is -0.238. The molecule has 0 amide bonds. The molecule has 0 atom stereocenters. The number of halogens is 1. The van der Waals surface area contributed by atoms with Gasteiger partial charge in [-0.3, -0.25) is 4.98 Å². The zero-order valence-electron chi connectivity index (χ0n) is 15.7. The predicted molar refractivity (Wildman–Crippen MR) is 113 cm³/mol. The summed E-state index contributed by atoms with van der Waals surface area (Å²) in [6.45, 7) is 3.92. The molecule has 0 radical (unpaired) electrons. The fraction of sp³-hybridized carbons (Fsp3) is 0.227. The molecule has 144 valence electrons. The highest BCUT2D eigenvalue weighted by Crippen LogP contribution is 2.30. The molecular weight excluding hydrogens is 353 g/mol. The molecule has 1 saturated heterocycles. The zero-order chi connectivity index (χ0) is 19.3. The molecule has 1 fully saturated rings. The SMILES string of the molecule is Nc1cc(-c2ccnc(/C=C/c3ccc(F)cc3)c2)[nH]c1N1CCCNCC1. The van der Waals surface area contributed by atoms with Crippen LogP contribution in [0.2, 0.25) is 0 Å². The first-order valence-corrected chi connectivity index (χ1v) is 9.53. The van der Waals surface area contributed by atoms with Crippen LogP contribution >= 0.6 is 0 Å². The van der Waals surface area contributed by atoms with E-state index in [1.54, 1.807) is 18.3 Å². The number of benzene rings is 1. The van der Waals surface area contributed by atoms with Crippen molar-refractivity contribution in [2.75, 3.05) is 36.8 Å². The number of hydrogen-bond acceptors (Lipinski definition) is 4. The summed E-state index contributed by atoms with van der Waals surface area (Å²) in [7, 11) is 0. The summed E-state index contributed by atoms with van der Waals surface area (Å²) in [4.78, 5) is 10.2. The molecule has 0 aliphatic carbocycles. The Morgan fingerprint density at radius 2 is 1.89 bits per heavy atom. The van der Waals surface area contributed by atoms with Crippen LogP contribution in [0.25, 0.3) is 23.4 Å². The van der Waals surface area contributed by atoms with Crippen molar-refractivity contribution in [3.63, 3.8) is 0 Å². The standard InChI is InChI=1S/C22H24FN5/c23-18-5-2-16(3-6-18)4-7-19-14-17(8-10-26-19)21-15-20(24)22(27-21)28-12-1-9-25-11-13-28/h2-8,10,14-15,25,27H,1,9,11-13,24H2/b7-4+. The maximum atomic E-state index is 13.0. The van der Waals surface area contributed by atoms with E-state index >= 15 is 0 Å². The lowest BCUT2D eigenvalue weighted by Gasteiger charge is -2.21. The molecule has 0 spiro atoms. The third-order valence-corrected chi connectivity index (χ3v) is 4.89. The van der Waals surface area contributed by atoms with Crippen molar-refractivity contribution in [1.29, 1.82) is 0 Å². The second-order valence-electron chi connectivity index (χ2n) is 6.93. The van der Waals surface area contributed by atoms with Crippen LogP contribution in [0, 0.1) is 5.82 Å². The molecule has 6 heteroatoms. The van der Waals surface area contributed by atoms with Gasteiger partial charge in [-0.05, 0) is 54.9 Å². The summed E-state index contributed by atoms with van der Waals surface area (Å²) in [6, 6.07) is 12.3. The molecule has 5 nitrogen and oxygen atoms in total. The van der Waals surface area contributed by atoms with Crippen LogP contribution in [0.5, 0.6) is 0 Å². The first-order valence-electron chi connectivity index (χ1n) is 9.53. The lowest BCUT2D eigenvalue weighted by molar-refractivity contribution is 0.628. The van der Waals surface area contributed by atoms with E-state index in [1.807, 2.05) is 30.4 Å². The maximum Gasteiger partial charge on any atom is 0.130 e. The lowest BCUT2D eigenvalue weighted by Crippen LogP contribution is -2.28. The Hall–Kier alpha value is -3.12. The van der Waals surface area contributed by atoms with Crippen molar-refractivity contribution in [3.8, 4) is 11.3 Å². The highest BCUT2D eigenvalue weighted by Gasteiger charge is 2.15. The molecule has 4 N–H and O–H groups in total.